The Hall–Kier alpha value is -1.34. The minimum absolute atomic E-state index is 0.0594. The molecule has 1 amide bonds. The Bertz CT molecular complexity index is 638. The molecule has 18 heavy (non-hydrogen) atoms. The van der Waals surface area contributed by atoms with E-state index in [1.165, 1.54) is 12.3 Å². The molecule has 2 N–H and O–H groups in total. The summed E-state index contributed by atoms with van der Waals surface area (Å²) >= 11 is 5.68. The molecule has 1 aromatic heterocycles. The molecule has 2 rings (SSSR count). The van der Waals surface area contributed by atoms with Gasteiger partial charge in [-0.3, -0.25) is 9.59 Å². The van der Waals surface area contributed by atoms with Gasteiger partial charge in [-0.05, 0) is 12.5 Å². The number of sulfone groups is 1. The molecule has 0 aromatic carbocycles. The highest BCUT2D eigenvalue weighted by atomic mass is 35.5. The third-order valence-electron chi connectivity index (χ3n) is 2.68. The van der Waals surface area contributed by atoms with Crippen molar-refractivity contribution in [1.82, 2.24) is 10.3 Å². The maximum absolute atomic E-state index is 11.8. The zero-order chi connectivity index (χ0) is 13.3. The second-order valence-electron chi connectivity index (χ2n) is 4.13. The number of pyridine rings is 1. The average molecular weight is 291 g/mol. The van der Waals surface area contributed by atoms with Gasteiger partial charge in [-0.25, -0.2) is 8.42 Å². The molecule has 0 bridgehead atoms. The summed E-state index contributed by atoms with van der Waals surface area (Å²) in [6, 6.07) is 0.806. The van der Waals surface area contributed by atoms with Gasteiger partial charge in [0, 0.05) is 12.2 Å². The van der Waals surface area contributed by atoms with E-state index in [-0.39, 0.29) is 22.1 Å². The van der Waals surface area contributed by atoms with E-state index in [1.807, 2.05) is 0 Å². The van der Waals surface area contributed by atoms with Crippen LogP contribution in [-0.4, -0.2) is 36.9 Å². The largest absolute Gasteiger partial charge is 0.348 e. The molecular formula is C10H11ClN2O4S. The molecule has 0 saturated carbocycles. The summed E-state index contributed by atoms with van der Waals surface area (Å²) in [5.41, 5.74) is -0.676. The first-order valence-corrected chi connectivity index (χ1v) is 7.47. The lowest BCUT2D eigenvalue weighted by Crippen LogP contribution is -2.38. The third kappa shape index (κ3) is 2.91. The van der Waals surface area contributed by atoms with Gasteiger partial charge in [0.15, 0.2) is 9.84 Å². The number of carbonyl (C=O) groups is 1. The van der Waals surface area contributed by atoms with Gasteiger partial charge in [0.05, 0.1) is 16.5 Å². The van der Waals surface area contributed by atoms with Crippen molar-refractivity contribution in [3.05, 3.63) is 33.2 Å². The molecule has 1 unspecified atom stereocenters. The van der Waals surface area contributed by atoms with Gasteiger partial charge in [0.1, 0.15) is 5.56 Å². The normalized spacial score (nSPS) is 21.7. The van der Waals surface area contributed by atoms with Crippen molar-refractivity contribution < 1.29 is 13.2 Å². The fourth-order valence-electron chi connectivity index (χ4n) is 1.80. The summed E-state index contributed by atoms with van der Waals surface area (Å²) in [6.45, 7) is 0. The van der Waals surface area contributed by atoms with E-state index in [4.69, 9.17) is 11.6 Å². The van der Waals surface area contributed by atoms with E-state index in [1.54, 1.807) is 0 Å². The van der Waals surface area contributed by atoms with Crippen molar-refractivity contribution >= 4 is 27.3 Å². The second-order valence-corrected chi connectivity index (χ2v) is 6.80. The second kappa shape index (κ2) is 4.74. The quantitative estimate of drug-likeness (QED) is 0.798. The van der Waals surface area contributed by atoms with Crippen LogP contribution >= 0.6 is 11.6 Å². The number of aromatic amines is 1. The number of amides is 1. The predicted molar refractivity (Wildman–Crippen MR) is 66.6 cm³/mol. The molecule has 1 aliphatic heterocycles. The number of H-pyrrole nitrogens is 1. The Morgan fingerprint density at radius 1 is 1.50 bits per heavy atom. The first-order valence-electron chi connectivity index (χ1n) is 5.27. The summed E-state index contributed by atoms with van der Waals surface area (Å²) < 4.78 is 22.5. The number of carbonyl (C=O) groups excluding carboxylic acids is 1. The molecule has 6 nitrogen and oxygen atoms in total. The van der Waals surface area contributed by atoms with Crippen LogP contribution in [0.15, 0.2) is 17.1 Å². The number of halogens is 1. The lowest BCUT2D eigenvalue weighted by Gasteiger charge is -2.10. The van der Waals surface area contributed by atoms with E-state index >= 15 is 0 Å². The van der Waals surface area contributed by atoms with Gasteiger partial charge in [0.25, 0.3) is 11.5 Å². The molecule has 1 saturated heterocycles. The zero-order valence-electron chi connectivity index (χ0n) is 9.27. The molecule has 8 heteroatoms. The van der Waals surface area contributed by atoms with Gasteiger partial charge in [0.2, 0.25) is 0 Å². The number of hydrogen-bond donors (Lipinski definition) is 2. The van der Waals surface area contributed by atoms with Crippen LogP contribution in [0.4, 0.5) is 0 Å². The number of hydrogen-bond acceptors (Lipinski definition) is 4. The van der Waals surface area contributed by atoms with E-state index in [2.05, 4.69) is 10.3 Å². The van der Waals surface area contributed by atoms with Crippen LogP contribution in [0.25, 0.3) is 0 Å². The molecule has 0 radical (unpaired) electrons. The Morgan fingerprint density at radius 2 is 2.22 bits per heavy atom. The van der Waals surface area contributed by atoms with E-state index in [0.717, 1.165) is 0 Å². The SMILES string of the molecule is O=C(NC1CCS(=O)(=O)C1)c1cc(Cl)c[nH]c1=O. The van der Waals surface area contributed by atoms with E-state index in [0.29, 0.717) is 6.42 Å². The molecule has 1 aliphatic rings. The Labute approximate surface area is 108 Å². The molecule has 1 aromatic rings. The minimum Gasteiger partial charge on any atom is -0.348 e. The number of nitrogens with one attached hydrogen (secondary N) is 2. The molecular weight excluding hydrogens is 280 g/mol. The average Bonchev–Trinajstić information content (AvgIpc) is 2.61. The summed E-state index contributed by atoms with van der Waals surface area (Å²) in [5, 5.41) is 2.76. The van der Waals surface area contributed by atoms with Crippen LogP contribution in [0.3, 0.4) is 0 Å². The van der Waals surface area contributed by atoms with Gasteiger partial charge in [-0.15, -0.1) is 0 Å². The summed E-state index contributed by atoms with van der Waals surface area (Å²) in [7, 11) is -3.07. The fourth-order valence-corrected chi connectivity index (χ4v) is 3.64. The zero-order valence-corrected chi connectivity index (χ0v) is 10.8. The number of aromatic nitrogens is 1. The first-order chi connectivity index (χ1) is 8.37. The molecule has 98 valence electrons. The summed E-state index contributed by atoms with van der Waals surface area (Å²) in [5.74, 6) is -0.637. The van der Waals surface area contributed by atoms with Crippen molar-refractivity contribution in [3.8, 4) is 0 Å². The van der Waals surface area contributed by atoms with Gasteiger partial charge in [-0.2, -0.15) is 0 Å². The third-order valence-corrected chi connectivity index (χ3v) is 4.67. The smallest absolute Gasteiger partial charge is 0.260 e. The molecule has 0 spiro atoms. The maximum Gasteiger partial charge on any atom is 0.260 e. The lowest BCUT2D eigenvalue weighted by molar-refractivity contribution is 0.0939. The first kappa shape index (κ1) is 13.1. The standard InChI is InChI=1S/C10H11ClN2O4S/c11-6-3-8(9(14)12-4-6)10(15)13-7-1-2-18(16,17)5-7/h3-4,7H,1-2,5H2,(H,12,14)(H,13,15). The van der Waals surface area contributed by atoms with E-state index < -0.39 is 27.3 Å². The van der Waals surface area contributed by atoms with Gasteiger partial charge >= 0.3 is 0 Å². The van der Waals surface area contributed by atoms with E-state index in [9.17, 15) is 18.0 Å². The minimum atomic E-state index is -3.07. The highest BCUT2D eigenvalue weighted by Crippen LogP contribution is 2.12. The lowest BCUT2D eigenvalue weighted by atomic mass is 10.2. The van der Waals surface area contributed by atoms with Crippen molar-refractivity contribution in [2.24, 2.45) is 0 Å². The predicted octanol–water partition coefficient (Wildman–Crippen LogP) is -0.0548. The summed E-state index contributed by atoms with van der Waals surface area (Å²) in [6.07, 6.45) is 1.65. The monoisotopic (exact) mass is 290 g/mol. The van der Waals surface area contributed by atoms with Gasteiger partial charge in [-0.1, -0.05) is 11.6 Å². The van der Waals surface area contributed by atoms with Crippen LogP contribution in [0, 0.1) is 0 Å². The molecule has 1 fully saturated rings. The summed E-state index contributed by atoms with van der Waals surface area (Å²) in [4.78, 5) is 25.5. The number of rotatable bonds is 2. The van der Waals surface area contributed by atoms with Crippen LogP contribution in [-0.2, 0) is 9.84 Å². The molecule has 0 aliphatic carbocycles. The molecule has 1 atom stereocenters. The molecule has 2 heterocycles. The van der Waals surface area contributed by atoms with Crippen molar-refractivity contribution in [1.29, 1.82) is 0 Å². The van der Waals surface area contributed by atoms with Crippen LogP contribution in [0.1, 0.15) is 16.8 Å². The Morgan fingerprint density at radius 3 is 2.83 bits per heavy atom. The maximum atomic E-state index is 11.8. The van der Waals surface area contributed by atoms with Crippen molar-refractivity contribution in [2.45, 2.75) is 12.5 Å². The Balaban J connectivity index is 2.14. The van der Waals surface area contributed by atoms with Crippen LogP contribution in [0.2, 0.25) is 5.02 Å². The topological polar surface area (TPSA) is 96.1 Å². The van der Waals surface area contributed by atoms with Crippen LogP contribution in [0.5, 0.6) is 0 Å². The highest BCUT2D eigenvalue weighted by molar-refractivity contribution is 7.91. The van der Waals surface area contributed by atoms with Crippen LogP contribution < -0.4 is 10.9 Å². The Kier molecular flexibility index (Phi) is 3.45. The van der Waals surface area contributed by atoms with Crippen molar-refractivity contribution in [3.63, 3.8) is 0 Å². The van der Waals surface area contributed by atoms with Crippen molar-refractivity contribution in [2.75, 3.05) is 11.5 Å². The highest BCUT2D eigenvalue weighted by Gasteiger charge is 2.29. The fraction of sp³-hybridized carbons (Fsp3) is 0.400. The van der Waals surface area contributed by atoms with Gasteiger partial charge < -0.3 is 10.3 Å².